The standard InChI is InChI=1S/C21H20N2O5/c1-26-14-5-2-4-13(10-14)22-19(24)17-16-7-8-21(28-16)12-23(20(25)18(17)21)11-15-6-3-9-27-15/h2-10,16-18H,11-12H2,1H3,(H,22,24)/t16-,17+,18+,21-/m1/s1. The summed E-state index contributed by atoms with van der Waals surface area (Å²) in [4.78, 5) is 27.9. The van der Waals surface area contributed by atoms with Crippen LogP contribution in [-0.2, 0) is 20.9 Å². The van der Waals surface area contributed by atoms with Gasteiger partial charge < -0.3 is 24.1 Å². The molecule has 1 aromatic carbocycles. The lowest BCUT2D eigenvalue weighted by molar-refractivity contribution is -0.136. The number of nitrogens with one attached hydrogen (secondary N) is 1. The van der Waals surface area contributed by atoms with E-state index in [9.17, 15) is 9.59 Å². The summed E-state index contributed by atoms with van der Waals surface area (Å²) >= 11 is 0. The smallest absolute Gasteiger partial charge is 0.231 e. The lowest BCUT2D eigenvalue weighted by atomic mass is 9.77. The number of hydrogen-bond acceptors (Lipinski definition) is 5. The number of carbonyl (C=O) groups excluding carboxylic acids is 2. The van der Waals surface area contributed by atoms with Crippen LogP contribution in [0, 0.1) is 11.8 Å². The normalized spacial score (nSPS) is 30.0. The minimum atomic E-state index is -0.731. The van der Waals surface area contributed by atoms with Crippen LogP contribution in [0.1, 0.15) is 5.76 Å². The maximum absolute atomic E-state index is 13.1. The molecule has 2 amide bonds. The molecule has 2 bridgehead atoms. The molecule has 0 saturated carbocycles. The molecule has 2 fully saturated rings. The number of furan rings is 1. The Labute approximate surface area is 161 Å². The first-order valence-corrected chi connectivity index (χ1v) is 9.23. The zero-order chi connectivity index (χ0) is 19.3. The molecule has 28 heavy (non-hydrogen) atoms. The van der Waals surface area contributed by atoms with Crippen LogP contribution in [0.5, 0.6) is 5.75 Å². The van der Waals surface area contributed by atoms with Crippen molar-refractivity contribution in [3.8, 4) is 5.75 Å². The summed E-state index contributed by atoms with van der Waals surface area (Å²) in [6, 6.07) is 10.8. The van der Waals surface area contributed by atoms with E-state index in [2.05, 4.69) is 5.32 Å². The van der Waals surface area contributed by atoms with Gasteiger partial charge >= 0.3 is 0 Å². The summed E-state index contributed by atoms with van der Waals surface area (Å²) in [5.74, 6) is -0.0225. The van der Waals surface area contributed by atoms with Crippen LogP contribution in [0.2, 0.25) is 0 Å². The molecular formula is C21H20N2O5. The average Bonchev–Trinajstić information content (AvgIpc) is 3.45. The van der Waals surface area contributed by atoms with E-state index in [-0.39, 0.29) is 17.9 Å². The van der Waals surface area contributed by atoms with Crippen molar-refractivity contribution in [1.82, 2.24) is 4.90 Å². The highest BCUT2D eigenvalue weighted by Crippen LogP contribution is 2.52. The minimum absolute atomic E-state index is 0.0750. The van der Waals surface area contributed by atoms with E-state index in [0.29, 0.717) is 30.3 Å². The van der Waals surface area contributed by atoms with Crippen LogP contribution in [0.15, 0.2) is 59.2 Å². The molecule has 4 atom stereocenters. The first-order chi connectivity index (χ1) is 13.6. The van der Waals surface area contributed by atoms with E-state index in [4.69, 9.17) is 13.9 Å². The number of nitrogens with zero attached hydrogens (tertiary/aromatic N) is 1. The summed E-state index contributed by atoms with van der Waals surface area (Å²) in [5.41, 5.74) is -0.104. The van der Waals surface area contributed by atoms with Gasteiger partial charge in [-0.2, -0.15) is 0 Å². The zero-order valence-corrected chi connectivity index (χ0v) is 15.3. The second-order valence-electron chi connectivity index (χ2n) is 7.39. The summed E-state index contributed by atoms with van der Waals surface area (Å²) in [6.45, 7) is 0.795. The average molecular weight is 380 g/mol. The summed E-state index contributed by atoms with van der Waals surface area (Å²) < 4.78 is 16.7. The molecule has 2 aromatic rings. The fourth-order valence-corrected chi connectivity index (χ4v) is 4.53. The van der Waals surface area contributed by atoms with Crippen LogP contribution >= 0.6 is 0 Å². The van der Waals surface area contributed by atoms with Gasteiger partial charge in [0.15, 0.2) is 0 Å². The molecule has 2 saturated heterocycles. The lowest BCUT2D eigenvalue weighted by Gasteiger charge is -2.23. The van der Waals surface area contributed by atoms with Gasteiger partial charge in [-0.3, -0.25) is 9.59 Å². The van der Waals surface area contributed by atoms with Crippen molar-refractivity contribution in [3.63, 3.8) is 0 Å². The number of hydrogen-bond donors (Lipinski definition) is 1. The molecule has 1 spiro atoms. The molecule has 1 N–H and O–H groups in total. The topological polar surface area (TPSA) is 81.0 Å². The van der Waals surface area contributed by atoms with E-state index >= 15 is 0 Å². The SMILES string of the molecule is COc1cccc(NC(=O)[C@@H]2[C@H]3C(=O)N(Cc4ccco4)C[C@]34C=C[C@H]2O4)c1. The van der Waals surface area contributed by atoms with Gasteiger partial charge in [0.1, 0.15) is 17.1 Å². The molecule has 3 aliphatic rings. The Kier molecular flexibility index (Phi) is 3.80. The number of methoxy groups -OCH3 is 1. The first kappa shape index (κ1) is 17.1. The van der Waals surface area contributed by atoms with Gasteiger partial charge in [-0.15, -0.1) is 0 Å². The van der Waals surface area contributed by atoms with Crippen LogP contribution in [0.25, 0.3) is 0 Å². The molecule has 3 aliphatic heterocycles. The quantitative estimate of drug-likeness (QED) is 0.805. The third-order valence-electron chi connectivity index (χ3n) is 5.75. The molecule has 5 rings (SSSR count). The first-order valence-electron chi connectivity index (χ1n) is 9.23. The fraction of sp³-hybridized carbons (Fsp3) is 0.333. The van der Waals surface area contributed by atoms with Crippen molar-refractivity contribution in [1.29, 1.82) is 0 Å². The van der Waals surface area contributed by atoms with Gasteiger partial charge in [0.2, 0.25) is 11.8 Å². The third-order valence-corrected chi connectivity index (χ3v) is 5.75. The molecule has 144 valence electrons. The Balaban J connectivity index is 1.38. The van der Waals surface area contributed by atoms with Gasteiger partial charge in [0, 0.05) is 11.8 Å². The molecular weight excluding hydrogens is 360 g/mol. The molecule has 7 nitrogen and oxygen atoms in total. The van der Waals surface area contributed by atoms with E-state index in [0.717, 1.165) is 0 Å². The highest BCUT2D eigenvalue weighted by atomic mass is 16.5. The molecule has 0 radical (unpaired) electrons. The number of benzene rings is 1. The van der Waals surface area contributed by atoms with Crippen LogP contribution in [-0.4, -0.2) is 42.1 Å². The van der Waals surface area contributed by atoms with E-state index < -0.39 is 17.4 Å². The van der Waals surface area contributed by atoms with E-state index in [1.54, 1.807) is 48.6 Å². The number of carbonyl (C=O) groups is 2. The highest BCUT2D eigenvalue weighted by Gasteiger charge is 2.66. The number of likely N-dealkylation sites (tertiary alicyclic amines) is 1. The maximum atomic E-state index is 13.1. The van der Waals surface area contributed by atoms with Gasteiger partial charge in [-0.05, 0) is 24.3 Å². The molecule has 0 aliphatic carbocycles. The third kappa shape index (κ3) is 2.54. The zero-order valence-electron chi connectivity index (χ0n) is 15.3. The minimum Gasteiger partial charge on any atom is -0.497 e. The van der Waals surface area contributed by atoms with Crippen molar-refractivity contribution < 1.29 is 23.5 Å². The van der Waals surface area contributed by atoms with Crippen molar-refractivity contribution in [2.45, 2.75) is 18.2 Å². The molecule has 0 unspecified atom stereocenters. The van der Waals surface area contributed by atoms with Gasteiger partial charge in [0.05, 0.1) is 44.4 Å². The Morgan fingerprint density at radius 3 is 3.04 bits per heavy atom. The van der Waals surface area contributed by atoms with Gasteiger partial charge in [0.25, 0.3) is 0 Å². The molecule has 4 heterocycles. The Hall–Kier alpha value is -3.06. The lowest BCUT2D eigenvalue weighted by Crippen LogP contribution is -2.41. The molecule has 7 heteroatoms. The second kappa shape index (κ2) is 6.24. The predicted molar refractivity (Wildman–Crippen MR) is 99.5 cm³/mol. The van der Waals surface area contributed by atoms with Crippen LogP contribution in [0.4, 0.5) is 5.69 Å². The van der Waals surface area contributed by atoms with Gasteiger partial charge in [-0.25, -0.2) is 0 Å². The number of anilines is 1. The summed E-state index contributed by atoms with van der Waals surface area (Å²) in [7, 11) is 1.57. The number of rotatable bonds is 5. The van der Waals surface area contributed by atoms with Crippen molar-refractivity contribution in [2.24, 2.45) is 11.8 Å². The predicted octanol–water partition coefficient (Wildman–Crippen LogP) is 2.21. The number of fused-ring (bicyclic) bond motifs is 1. The van der Waals surface area contributed by atoms with Crippen LogP contribution < -0.4 is 10.1 Å². The molecule has 1 aromatic heterocycles. The summed E-state index contributed by atoms with van der Waals surface area (Å²) in [5, 5.41) is 2.91. The summed E-state index contributed by atoms with van der Waals surface area (Å²) in [6.07, 6.45) is 5.04. The number of ether oxygens (including phenoxy) is 2. The fourth-order valence-electron chi connectivity index (χ4n) is 4.53. The van der Waals surface area contributed by atoms with E-state index in [1.165, 1.54) is 0 Å². The van der Waals surface area contributed by atoms with Crippen molar-refractivity contribution in [3.05, 3.63) is 60.6 Å². The second-order valence-corrected chi connectivity index (χ2v) is 7.39. The monoisotopic (exact) mass is 380 g/mol. The largest absolute Gasteiger partial charge is 0.497 e. The van der Waals surface area contributed by atoms with Crippen molar-refractivity contribution >= 4 is 17.5 Å². The number of amides is 2. The van der Waals surface area contributed by atoms with Crippen LogP contribution in [0.3, 0.4) is 0 Å². The Morgan fingerprint density at radius 1 is 1.36 bits per heavy atom. The highest BCUT2D eigenvalue weighted by molar-refractivity contribution is 5.99. The van der Waals surface area contributed by atoms with Gasteiger partial charge in [-0.1, -0.05) is 18.2 Å². The Bertz CT molecular complexity index is 953. The Morgan fingerprint density at radius 2 is 2.25 bits per heavy atom. The maximum Gasteiger partial charge on any atom is 0.231 e. The van der Waals surface area contributed by atoms with E-state index in [1.807, 2.05) is 18.2 Å². The van der Waals surface area contributed by atoms with Crippen molar-refractivity contribution in [2.75, 3.05) is 19.0 Å².